The standard InChI is InChI=1S/C24H25N3O2/c28-22(17-21-7-4-12-26-23(21)20-8-13-25-14-9-20)27-15-10-24(29,11-16-27)18-19-5-2-1-3-6-19/h1-9,12-14,29H,10-11,15-18H2. The molecule has 5 nitrogen and oxygen atoms in total. The van der Waals surface area contributed by atoms with Crippen LogP contribution in [0.4, 0.5) is 0 Å². The molecule has 0 atom stereocenters. The molecule has 0 radical (unpaired) electrons. The molecule has 1 aliphatic heterocycles. The first-order chi connectivity index (χ1) is 14.1. The number of aliphatic hydroxyl groups is 1. The number of carbonyl (C=O) groups excluding carboxylic acids is 1. The van der Waals surface area contributed by atoms with Gasteiger partial charge in [-0.3, -0.25) is 14.8 Å². The zero-order chi connectivity index (χ0) is 20.1. The Morgan fingerprint density at radius 3 is 2.41 bits per heavy atom. The van der Waals surface area contributed by atoms with Crippen molar-refractivity contribution >= 4 is 5.91 Å². The van der Waals surface area contributed by atoms with E-state index in [1.807, 2.05) is 59.5 Å². The van der Waals surface area contributed by atoms with Crippen LogP contribution in [0.2, 0.25) is 0 Å². The number of nitrogens with zero attached hydrogens (tertiary/aromatic N) is 3. The molecule has 0 saturated carbocycles. The minimum atomic E-state index is -0.741. The molecule has 0 bridgehead atoms. The fourth-order valence-corrected chi connectivity index (χ4v) is 3.95. The van der Waals surface area contributed by atoms with Gasteiger partial charge >= 0.3 is 0 Å². The predicted octanol–water partition coefficient (Wildman–Crippen LogP) is 3.28. The maximum absolute atomic E-state index is 12.9. The molecule has 5 heteroatoms. The van der Waals surface area contributed by atoms with E-state index >= 15 is 0 Å². The summed E-state index contributed by atoms with van der Waals surface area (Å²) in [5.41, 5.74) is 3.08. The number of rotatable bonds is 5. The third kappa shape index (κ3) is 4.69. The van der Waals surface area contributed by atoms with Crippen molar-refractivity contribution in [1.82, 2.24) is 14.9 Å². The molecule has 1 N–H and O–H groups in total. The molecule has 2 aromatic heterocycles. The Kier molecular flexibility index (Phi) is 5.67. The molecule has 0 unspecified atom stereocenters. The first-order valence-corrected chi connectivity index (χ1v) is 10.0. The van der Waals surface area contributed by atoms with E-state index in [-0.39, 0.29) is 5.91 Å². The van der Waals surface area contributed by atoms with Crippen LogP contribution in [0.5, 0.6) is 0 Å². The summed E-state index contributed by atoms with van der Waals surface area (Å²) in [7, 11) is 0. The maximum atomic E-state index is 12.9. The smallest absolute Gasteiger partial charge is 0.227 e. The van der Waals surface area contributed by atoms with Gasteiger partial charge in [0, 0.05) is 43.7 Å². The van der Waals surface area contributed by atoms with E-state index in [1.165, 1.54) is 0 Å². The molecule has 3 aromatic rings. The quantitative estimate of drug-likeness (QED) is 0.730. The summed E-state index contributed by atoms with van der Waals surface area (Å²) in [4.78, 5) is 23.3. The molecule has 3 heterocycles. The highest BCUT2D eigenvalue weighted by Crippen LogP contribution is 2.27. The average molecular weight is 387 g/mol. The number of hydrogen-bond acceptors (Lipinski definition) is 4. The van der Waals surface area contributed by atoms with E-state index in [9.17, 15) is 9.90 Å². The highest BCUT2D eigenvalue weighted by atomic mass is 16.3. The zero-order valence-corrected chi connectivity index (χ0v) is 16.4. The summed E-state index contributed by atoms with van der Waals surface area (Å²) in [5, 5.41) is 11.0. The molecular formula is C24H25N3O2. The molecular weight excluding hydrogens is 362 g/mol. The molecule has 0 spiro atoms. The van der Waals surface area contributed by atoms with Gasteiger partial charge in [-0.2, -0.15) is 0 Å². The molecule has 1 aromatic carbocycles. The largest absolute Gasteiger partial charge is 0.389 e. The zero-order valence-electron chi connectivity index (χ0n) is 16.4. The van der Waals surface area contributed by atoms with Crippen LogP contribution in [0.1, 0.15) is 24.0 Å². The summed E-state index contributed by atoms with van der Waals surface area (Å²) in [5.74, 6) is 0.0788. The van der Waals surface area contributed by atoms with Gasteiger partial charge < -0.3 is 10.0 Å². The van der Waals surface area contributed by atoms with Gasteiger partial charge in [0.25, 0.3) is 0 Å². The number of pyridine rings is 2. The van der Waals surface area contributed by atoms with Crippen molar-refractivity contribution in [3.63, 3.8) is 0 Å². The Balaban J connectivity index is 1.40. The number of piperidine rings is 1. The second-order valence-corrected chi connectivity index (χ2v) is 7.69. The minimum Gasteiger partial charge on any atom is -0.389 e. The topological polar surface area (TPSA) is 66.3 Å². The normalized spacial score (nSPS) is 15.8. The third-order valence-electron chi connectivity index (χ3n) is 5.61. The Morgan fingerprint density at radius 1 is 0.966 bits per heavy atom. The second kappa shape index (κ2) is 8.53. The highest BCUT2D eigenvalue weighted by Gasteiger charge is 2.34. The van der Waals surface area contributed by atoms with Crippen molar-refractivity contribution in [3.8, 4) is 11.3 Å². The van der Waals surface area contributed by atoms with Crippen molar-refractivity contribution in [2.45, 2.75) is 31.3 Å². The van der Waals surface area contributed by atoms with Crippen molar-refractivity contribution < 1.29 is 9.90 Å². The van der Waals surface area contributed by atoms with E-state index < -0.39 is 5.60 Å². The summed E-state index contributed by atoms with van der Waals surface area (Å²) in [6.45, 7) is 1.15. The molecule has 29 heavy (non-hydrogen) atoms. The number of carbonyl (C=O) groups is 1. The highest BCUT2D eigenvalue weighted by molar-refractivity contribution is 5.81. The lowest BCUT2D eigenvalue weighted by atomic mass is 9.85. The Bertz CT molecular complexity index is 952. The van der Waals surface area contributed by atoms with Gasteiger partial charge in [-0.05, 0) is 42.2 Å². The molecule has 1 aliphatic rings. The van der Waals surface area contributed by atoms with Crippen LogP contribution in [0, 0.1) is 0 Å². The average Bonchev–Trinajstić information content (AvgIpc) is 2.76. The first kappa shape index (κ1) is 19.3. The number of aromatic nitrogens is 2. The van der Waals surface area contributed by atoms with E-state index in [4.69, 9.17) is 0 Å². The van der Waals surface area contributed by atoms with Crippen LogP contribution in [-0.4, -0.2) is 44.6 Å². The van der Waals surface area contributed by atoms with Crippen LogP contribution in [0.15, 0.2) is 73.2 Å². The van der Waals surface area contributed by atoms with E-state index in [0.717, 1.165) is 22.4 Å². The fraction of sp³-hybridized carbons (Fsp3) is 0.292. The van der Waals surface area contributed by atoms with Crippen molar-refractivity contribution in [2.75, 3.05) is 13.1 Å². The second-order valence-electron chi connectivity index (χ2n) is 7.69. The Morgan fingerprint density at radius 2 is 1.69 bits per heavy atom. The molecule has 148 valence electrons. The van der Waals surface area contributed by atoms with Crippen LogP contribution in [-0.2, 0) is 17.6 Å². The summed E-state index contributed by atoms with van der Waals surface area (Å²) >= 11 is 0. The van der Waals surface area contributed by atoms with Gasteiger partial charge in [0.05, 0.1) is 17.7 Å². The lowest BCUT2D eigenvalue weighted by Gasteiger charge is -2.38. The van der Waals surface area contributed by atoms with Crippen molar-refractivity contribution in [2.24, 2.45) is 0 Å². The lowest BCUT2D eigenvalue weighted by Crippen LogP contribution is -2.48. The first-order valence-electron chi connectivity index (χ1n) is 10.0. The minimum absolute atomic E-state index is 0.0788. The predicted molar refractivity (Wildman–Crippen MR) is 112 cm³/mol. The van der Waals surface area contributed by atoms with Gasteiger partial charge in [-0.25, -0.2) is 0 Å². The van der Waals surface area contributed by atoms with Gasteiger partial charge in [0.15, 0.2) is 0 Å². The number of likely N-dealkylation sites (tertiary alicyclic amines) is 1. The van der Waals surface area contributed by atoms with E-state index in [2.05, 4.69) is 9.97 Å². The third-order valence-corrected chi connectivity index (χ3v) is 5.61. The van der Waals surface area contributed by atoms with Gasteiger partial charge in [0.1, 0.15) is 0 Å². The van der Waals surface area contributed by atoms with Crippen LogP contribution < -0.4 is 0 Å². The Labute approximate surface area is 171 Å². The molecule has 1 saturated heterocycles. The van der Waals surface area contributed by atoms with Crippen LogP contribution >= 0.6 is 0 Å². The SMILES string of the molecule is O=C(Cc1cccnc1-c1ccncc1)N1CCC(O)(Cc2ccccc2)CC1. The van der Waals surface area contributed by atoms with Crippen LogP contribution in [0.25, 0.3) is 11.3 Å². The number of hydrogen-bond donors (Lipinski definition) is 1. The summed E-state index contributed by atoms with van der Waals surface area (Å²) in [6.07, 6.45) is 7.33. The van der Waals surface area contributed by atoms with Crippen molar-refractivity contribution in [3.05, 3.63) is 84.3 Å². The van der Waals surface area contributed by atoms with Crippen LogP contribution in [0.3, 0.4) is 0 Å². The molecule has 0 aliphatic carbocycles. The Hall–Kier alpha value is -3.05. The van der Waals surface area contributed by atoms with E-state index in [0.29, 0.717) is 38.8 Å². The van der Waals surface area contributed by atoms with Gasteiger partial charge in [-0.1, -0.05) is 36.4 Å². The van der Waals surface area contributed by atoms with Crippen molar-refractivity contribution in [1.29, 1.82) is 0 Å². The molecule has 1 amide bonds. The molecule has 4 rings (SSSR count). The maximum Gasteiger partial charge on any atom is 0.227 e. The molecule has 1 fully saturated rings. The lowest BCUT2D eigenvalue weighted by molar-refractivity contribution is -0.134. The van der Waals surface area contributed by atoms with Gasteiger partial charge in [-0.15, -0.1) is 0 Å². The van der Waals surface area contributed by atoms with Gasteiger partial charge in [0.2, 0.25) is 5.91 Å². The summed E-state index contributed by atoms with van der Waals surface area (Å²) < 4.78 is 0. The summed E-state index contributed by atoms with van der Waals surface area (Å²) in [6, 6.07) is 17.7. The fourth-order valence-electron chi connectivity index (χ4n) is 3.95. The monoisotopic (exact) mass is 387 g/mol. The van der Waals surface area contributed by atoms with E-state index in [1.54, 1.807) is 18.6 Å². The number of amides is 1. The number of benzene rings is 1.